The summed E-state index contributed by atoms with van der Waals surface area (Å²) in [5, 5.41) is 15.6. The van der Waals surface area contributed by atoms with Gasteiger partial charge in [0.25, 0.3) is 0 Å². The maximum atomic E-state index is 13.1. The van der Waals surface area contributed by atoms with Gasteiger partial charge in [-0.15, -0.1) is 0 Å². The molecule has 2 saturated carbocycles. The van der Waals surface area contributed by atoms with E-state index < -0.39 is 5.41 Å². The van der Waals surface area contributed by atoms with Crippen LogP contribution < -0.4 is 20.3 Å². The van der Waals surface area contributed by atoms with E-state index in [4.69, 9.17) is 26.3 Å². The highest BCUT2D eigenvalue weighted by Crippen LogP contribution is 2.65. The van der Waals surface area contributed by atoms with Crippen LogP contribution in [0, 0.1) is 5.92 Å². The molecule has 1 spiro atoms. The van der Waals surface area contributed by atoms with E-state index >= 15 is 0 Å². The van der Waals surface area contributed by atoms with Crippen molar-refractivity contribution in [1.82, 2.24) is 20.2 Å². The fourth-order valence-electron chi connectivity index (χ4n) is 6.30. The number of nitrogens with zero attached hydrogens (tertiary/aromatic N) is 4. The van der Waals surface area contributed by atoms with E-state index in [1.165, 1.54) is 0 Å². The number of aromatic nitrogens is 4. The van der Waals surface area contributed by atoms with Crippen LogP contribution in [-0.2, 0) is 10.2 Å². The highest BCUT2D eigenvalue weighted by molar-refractivity contribution is 6.35. The van der Waals surface area contributed by atoms with E-state index in [1.807, 2.05) is 18.2 Å². The van der Waals surface area contributed by atoms with Crippen molar-refractivity contribution in [2.75, 3.05) is 35.7 Å². The second-order valence-electron chi connectivity index (χ2n) is 11.4. The molecule has 4 heterocycles. The van der Waals surface area contributed by atoms with E-state index in [0.29, 0.717) is 28.5 Å². The fourth-order valence-corrected chi connectivity index (χ4v) is 6.55. The van der Waals surface area contributed by atoms with E-state index in [0.717, 1.165) is 77.5 Å². The standard InChI is InChI=1S/C29H28ClN7O2/c1-14-12-37(13-14)27-23(30)26(32-24(34-27)15-3-4-15)33-25-18-7-5-16(9-22(18)35-36-25)20-11-29(20)19-10-17(39-2)6-8-21(19)31-28(29)38/h5-10,14-15,20H,3-4,11-13H2,1-2H3,(H,31,38)(H2,32,33,34,35,36)/t20-,29-/m0/s1. The number of fused-ring (bicyclic) bond motifs is 3. The molecule has 2 aromatic heterocycles. The van der Waals surface area contributed by atoms with E-state index in [1.54, 1.807) is 7.11 Å². The number of carbonyl (C=O) groups excluding carboxylic acids is 1. The van der Waals surface area contributed by atoms with Gasteiger partial charge in [0.1, 0.15) is 16.6 Å². The average Bonchev–Trinajstić information content (AvgIpc) is 3.84. The molecule has 8 rings (SSSR count). The average molecular weight is 542 g/mol. The third kappa shape index (κ3) is 3.45. The summed E-state index contributed by atoms with van der Waals surface area (Å²) in [6, 6.07) is 12.0. The number of rotatable bonds is 6. The second kappa shape index (κ2) is 8.08. The van der Waals surface area contributed by atoms with Crippen LogP contribution in [0.4, 0.5) is 23.1 Å². The lowest BCUT2D eigenvalue weighted by molar-refractivity contribution is -0.118. The molecule has 0 bridgehead atoms. The Labute approximate surface area is 230 Å². The van der Waals surface area contributed by atoms with Gasteiger partial charge in [0.05, 0.1) is 18.0 Å². The van der Waals surface area contributed by atoms with Crippen LogP contribution in [0.1, 0.15) is 55.0 Å². The van der Waals surface area contributed by atoms with Gasteiger partial charge in [-0.3, -0.25) is 9.89 Å². The molecule has 9 nitrogen and oxygen atoms in total. The summed E-state index contributed by atoms with van der Waals surface area (Å²) in [4.78, 5) is 24.9. The number of hydrogen-bond donors (Lipinski definition) is 3. The molecule has 0 unspecified atom stereocenters. The Morgan fingerprint density at radius 2 is 1.97 bits per heavy atom. The summed E-state index contributed by atoms with van der Waals surface area (Å²) >= 11 is 6.84. The summed E-state index contributed by atoms with van der Waals surface area (Å²) in [5.74, 6) is 4.87. The first-order valence-electron chi connectivity index (χ1n) is 13.5. The maximum Gasteiger partial charge on any atom is 0.235 e. The molecule has 198 valence electrons. The molecule has 4 aliphatic rings. The molecular weight excluding hydrogens is 514 g/mol. The molecule has 0 radical (unpaired) electrons. The molecule has 1 amide bonds. The van der Waals surface area contributed by atoms with Gasteiger partial charge in [-0.05, 0) is 66.6 Å². The summed E-state index contributed by atoms with van der Waals surface area (Å²) in [7, 11) is 1.65. The number of amides is 1. The number of methoxy groups -OCH3 is 1. The topological polar surface area (TPSA) is 108 Å². The Bertz CT molecular complexity index is 1680. The third-order valence-corrected chi connectivity index (χ3v) is 9.05. The maximum absolute atomic E-state index is 13.1. The number of halogens is 1. The number of nitrogens with one attached hydrogen (secondary N) is 3. The zero-order valence-electron chi connectivity index (χ0n) is 21.7. The van der Waals surface area contributed by atoms with E-state index in [9.17, 15) is 4.79 Å². The number of benzene rings is 2. The number of H-pyrrole nitrogens is 1. The van der Waals surface area contributed by atoms with Crippen LogP contribution >= 0.6 is 11.6 Å². The Morgan fingerprint density at radius 1 is 1.13 bits per heavy atom. The number of aromatic amines is 1. The molecule has 2 aliphatic carbocycles. The van der Waals surface area contributed by atoms with Crippen molar-refractivity contribution in [3.63, 3.8) is 0 Å². The summed E-state index contributed by atoms with van der Waals surface area (Å²) in [5.41, 5.74) is 3.34. The number of anilines is 4. The number of hydrogen-bond acceptors (Lipinski definition) is 7. The van der Waals surface area contributed by atoms with Crippen molar-refractivity contribution in [3.05, 3.63) is 58.4 Å². The van der Waals surface area contributed by atoms with Crippen LogP contribution in [0.3, 0.4) is 0 Å². The minimum Gasteiger partial charge on any atom is -0.497 e. The van der Waals surface area contributed by atoms with Gasteiger partial charge < -0.3 is 20.3 Å². The zero-order valence-corrected chi connectivity index (χ0v) is 22.5. The van der Waals surface area contributed by atoms with E-state index in [-0.39, 0.29) is 11.8 Å². The lowest BCUT2D eigenvalue weighted by Gasteiger charge is -2.38. The van der Waals surface area contributed by atoms with Gasteiger partial charge in [-0.1, -0.05) is 24.6 Å². The van der Waals surface area contributed by atoms with Crippen LogP contribution in [0.15, 0.2) is 36.4 Å². The Hall–Kier alpha value is -3.85. The van der Waals surface area contributed by atoms with Gasteiger partial charge in [0.2, 0.25) is 5.91 Å². The first-order valence-corrected chi connectivity index (χ1v) is 13.9. The Kier molecular flexibility index (Phi) is 4.78. The Balaban J connectivity index is 1.10. The molecule has 10 heteroatoms. The molecule has 3 N–H and O–H groups in total. The summed E-state index contributed by atoms with van der Waals surface area (Å²) < 4.78 is 5.43. The largest absolute Gasteiger partial charge is 0.497 e. The first-order chi connectivity index (χ1) is 18.9. The van der Waals surface area contributed by atoms with Crippen LogP contribution in [0.25, 0.3) is 10.9 Å². The van der Waals surface area contributed by atoms with E-state index in [2.05, 4.69) is 50.9 Å². The molecule has 2 aromatic carbocycles. The van der Waals surface area contributed by atoms with Gasteiger partial charge in [0, 0.05) is 36.0 Å². The van der Waals surface area contributed by atoms with Crippen molar-refractivity contribution in [1.29, 1.82) is 0 Å². The first kappa shape index (κ1) is 23.1. The molecule has 3 fully saturated rings. The van der Waals surface area contributed by atoms with Gasteiger partial charge in [0.15, 0.2) is 17.5 Å². The zero-order chi connectivity index (χ0) is 26.5. The summed E-state index contributed by atoms with van der Waals surface area (Å²) in [6.07, 6.45) is 2.99. The van der Waals surface area contributed by atoms with Crippen molar-refractivity contribution in [2.24, 2.45) is 5.92 Å². The highest BCUT2D eigenvalue weighted by atomic mass is 35.5. The predicted octanol–water partition coefficient (Wildman–Crippen LogP) is 5.47. The van der Waals surface area contributed by atoms with Gasteiger partial charge in [-0.2, -0.15) is 5.10 Å². The minimum absolute atomic E-state index is 0.0556. The highest BCUT2D eigenvalue weighted by Gasteiger charge is 2.65. The monoisotopic (exact) mass is 541 g/mol. The molecule has 2 atom stereocenters. The molecule has 1 saturated heterocycles. The SMILES string of the molecule is COc1ccc2c(c1)[C@]1(C[C@H]1c1ccc3c(Nc4nc(C5CC5)nc(N5CC(C)C5)c4Cl)n[nH]c3c1)C(=O)N2. The van der Waals surface area contributed by atoms with Gasteiger partial charge >= 0.3 is 0 Å². The van der Waals surface area contributed by atoms with Crippen molar-refractivity contribution in [3.8, 4) is 5.75 Å². The molecule has 2 aliphatic heterocycles. The smallest absolute Gasteiger partial charge is 0.235 e. The fraction of sp³-hybridized carbons (Fsp3) is 0.379. The second-order valence-corrected chi connectivity index (χ2v) is 11.8. The van der Waals surface area contributed by atoms with Crippen molar-refractivity contribution >= 4 is 51.6 Å². The Morgan fingerprint density at radius 3 is 2.74 bits per heavy atom. The van der Waals surface area contributed by atoms with Crippen molar-refractivity contribution in [2.45, 2.75) is 43.4 Å². The predicted molar refractivity (Wildman–Crippen MR) is 150 cm³/mol. The number of carbonyl (C=O) groups is 1. The third-order valence-electron chi connectivity index (χ3n) is 8.70. The summed E-state index contributed by atoms with van der Waals surface area (Å²) in [6.45, 7) is 4.13. The molecular formula is C29H28ClN7O2. The van der Waals surface area contributed by atoms with Gasteiger partial charge in [-0.25, -0.2) is 9.97 Å². The molecule has 4 aromatic rings. The lowest BCUT2D eigenvalue weighted by Crippen LogP contribution is -2.46. The molecule has 39 heavy (non-hydrogen) atoms. The van der Waals surface area contributed by atoms with Crippen LogP contribution in [0.2, 0.25) is 5.02 Å². The minimum atomic E-state index is -0.545. The van der Waals surface area contributed by atoms with Crippen LogP contribution in [-0.4, -0.2) is 46.3 Å². The number of ether oxygens (including phenoxy) is 1. The normalized spacial score (nSPS) is 23.6. The lowest BCUT2D eigenvalue weighted by atomic mass is 9.91. The quantitative estimate of drug-likeness (QED) is 0.297. The van der Waals surface area contributed by atoms with Crippen molar-refractivity contribution < 1.29 is 9.53 Å². The van der Waals surface area contributed by atoms with Crippen LogP contribution in [0.5, 0.6) is 5.75 Å².